The lowest BCUT2D eigenvalue weighted by atomic mass is 9.94. The maximum atomic E-state index is 4.51. The molecule has 1 N–H and O–H groups in total. The van der Waals surface area contributed by atoms with Crippen LogP contribution < -0.4 is 0 Å². The van der Waals surface area contributed by atoms with Gasteiger partial charge in [0.1, 0.15) is 0 Å². The van der Waals surface area contributed by atoms with Crippen molar-refractivity contribution < 1.29 is 0 Å². The van der Waals surface area contributed by atoms with Crippen LogP contribution in [0, 0.1) is 12.8 Å². The van der Waals surface area contributed by atoms with Gasteiger partial charge in [-0.3, -0.25) is 9.80 Å². The summed E-state index contributed by atoms with van der Waals surface area (Å²) < 4.78 is 0. The van der Waals surface area contributed by atoms with Gasteiger partial charge < -0.3 is 4.98 Å². The van der Waals surface area contributed by atoms with E-state index in [1.165, 1.54) is 55.0 Å². The highest BCUT2D eigenvalue weighted by atomic mass is 15.3. The lowest BCUT2D eigenvalue weighted by molar-refractivity contribution is 0.123. The number of piperidine rings is 1. The SMILES string of the molecule is Cc1[nH]cnc1CN1C[C@H]2CC[C@@H](C1)N(Cc1ccc(C(C)C)cc1)C2. The molecular formula is C22H32N4. The Morgan fingerprint density at radius 3 is 2.58 bits per heavy atom. The normalized spacial score (nSPS) is 24.3. The van der Waals surface area contributed by atoms with Crippen molar-refractivity contribution in [3.05, 3.63) is 53.1 Å². The number of aryl methyl sites for hydroxylation is 1. The first kappa shape index (κ1) is 17.7. The zero-order valence-electron chi connectivity index (χ0n) is 16.4. The van der Waals surface area contributed by atoms with Gasteiger partial charge in [0.15, 0.2) is 0 Å². The average molecular weight is 353 g/mol. The lowest BCUT2D eigenvalue weighted by Gasteiger charge is -2.36. The van der Waals surface area contributed by atoms with Gasteiger partial charge in [-0.1, -0.05) is 38.1 Å². The standard InChI is InChI=1S/C22H32N4/c1-16(2)20-7-4-18(5-8-20)11-26-12-19-6-9-21(26)13-25(10-19)14-22-17(3)23-15-24-22/h4-5,7-8,15-16,19,21H,6,9-14H2,1-3H3,(H,23,24)/t19-,21+/m1/s1. The van der Waals surface area contributed by atoms with Crippen molar-refractivity contribution in [1.29, 1.82) is 0 Å². The van der Waals surface area contributed by atoms with Crippen molar-refractivity contribution in [3.63, 3.8) is 0 Å². The second-order valence-corrected chi connectivity index (χ2v) is 8.59. The summed E-state index contributed by atoms with van der Waals surface area (Å²) in [5.74, 6) is 1.40. The van der Waals surface area contributed by atoms with Crippen LogP contribution in [-0.2, 0) is 13.1 Å². The van der Waals surface area contributed by atoms with Gasteiger partial charge in [0.25, 0.3) is 0 Å². The fourth-order valence-electron chi connectivity index (χ4n) is 4.60. The average Bonchev–Trinajstić information content (AvgIpc) is 2.84. The van der Waals surface area contributed by atoms with Crippen LogP contribution in [0.4, 0.5) is 0 Å². The molecule has 140 valence electrons. The molecule has 0 unspecified atom stereocenters. The van der Waals surface area contributed by atoms with Crippen LogP contribution in [0.25, 0.3) is 0 Å². The molecule has 0 spiro atoms. The van der Waals surface area contributed by atoms with Crippen molar-refractivity contribution in [1.82, 2.24) is 19.8 Å². The molecule has 5 rings (SSSR count). The van der Waals surface area contributed by atoms with Crippen molar-refractivity contribution >= 4 is 0 Å². The van der Waals surface area contributed by atoms with Gasteiger partial charge in [-0.15, -0.1) is 0 Å². The summed E-state index contributed by atoms with van der Waals surface area (Å²) in [5.41, 5.74) is 5.31. The Morgan fingerprint density at radius 1 is 1.08 bits per heavy atom. The van der Waals surface area contributed by atoms with Crippen molar-refractivity contribution in [3.8, 4) is 0 Å². The summed E-state index contributed by atoms with van der Waals surface area (Å²) in [7, 11) is 0. The lowest BCUT2D eigenvalue weighted by Crippen LogP contribution is -2.43. The van der Waals surface area contributed by atoms with E-state index in [0.717, 1.165) is 19.0 Å². The van der Waals surface area contributed by atoms with Crippen LogP contribution >= 0.6 is 0 Å². The molecule has 3 saturated heterocycles. The Kier molecular flexibility index (Phi) is 5.14. The highest BCUT2D eigenvalue weighted by Crippen LogP contribution is 2.30. The first-order valence-electron chi connectivity index (χ1n) is 10.1. The van der Waals surface area contributed by atoms with E-state index in [9.17, 15) is 0 Å². The van der Waals surface area contributed by atoms with Gasteiger partial charge in [0.2, 0.25) is 0 Å². The van der Waals surface area contributed by atoms with Crippen LogP contribution in [0.5, 0.6) is 0 Å². The molecule has 4 nitrogen and oxygen atoms in total. The molecule has 0 radical (unpaired) electrons. The largest absolute Gasteiger partial charge is 0.348 e. The van der Waals surface area contributed by atoms with Gasteiger partial charge in [-0.2, -0.15) is 0 Å². The maximum Gasteiger partial charge on any atom is 0.0925 e. The minimum absolute atomic E-state index is 0.609. The predicted octanol–water partition coefficient (Wildman–Crippen LogP) is 3.94. The zero-order valence-corrected chi connectivity index (χ0v) is 16.4. The van der Waals surface area contributed by atoms with E-state index in [-0.39, 0.29) is 0 Å². The molecule has 4 heterocycles. The number of nitrogens with zero attached hydrogens (tertiary/aromatic N) is 3. The highest BCUT2D eigenvalue weighted by molar-refractivity contribution is 5.24. The number of nitrogens with one attached hydrogen (secondary N) is 1. The summed E-state index contributed by atoms with van der Waals surface area (Å²) in [6.07, 6.45) is 4.54. The minimum atomic E-state index is 0.609. The summed E-state index contributed by atoms with van der Waals surface area (Å²) in [6.45, 7) is 12.4. The fraction of sp³-hybridized carbons (Fsp3) is 0.591. The third kappa shape index (κ3) is 3.86. The molecule has 0 amide bonds. The zero-order chi connectivity index (χ0) is 18.1. The molecule has 3 aliphatic heterocycles. The molecule has 4 heteroatoms. The molecule has 0 aliphatic carbocycles. The number of fused-ring (bicyclic) bond motifs is 4. The molecule has 2 bridgehead atoms. The highest BCUT2D eigenvalue weighted by Gasteiger charge is 2.34. The number of imidazole rings is 1. The van der Waals surface area contributed by atoms with E-state index in [4.69, 9.17) is 0 Å². The van der Waals surface area contributed by atoms with E-state index < -0.39 is 0 Å². The van der Waals surface area contributed by atoms with Crippen molar-refractivity contribution in [2.75, 3.05) is 19.6 Å². The van der Waals surface area contributed by atoms with Crippen LogP contribution in [0.2, 0.25) is 0 Å². The third-order valence-electron chi connectivity index (χ3n) is 6.24. The Balaban J connectivity index is 1.42. The Bertz CT molecular complexity index is 718. The molecule has 1 aromatic heterocycles. The van der Waals surface area contributed by atoms with E-state index in [1.807, 2.05) is 6.33 Å². The summed E-state index contributed by atoms with van der Waals surface area (Å²) in [5, 5.41) is 0. The van der Waals surface area contributed by atoms with Gasteiger partial charge >= 0.3 is 0 Å². The minimum Gasteiger partial charge on any atom is -0.348 e. The van der Waals surface area contributed by atoms with Gasteiger partial charge in [-0.25, -0.2) is 4.98 Å². The van der Waals surface area contributed by atoms with Crippen LogP contribution in [0.15, 0.2) is 30.6 Å². The van der Waals surface area contributed by atoms with E-state index >= 15 is 0 Å². The number of rotatable bonds is 5. The van der Waals surface area contributed by atoms with Gasteiger partial charge in [0.05, 0.1) is 12.0 Å². The van der Waals surface area contributed by atoms with Crippen LogP contribution in [0.1, 0.15) is 55.1 Å². The molecule has 1 aromatic carbocycles. The summed E-state index contributed by atoms with van der Waals surface area (Å²) in [6, 6.07) is 9.96. The first-order chi connectivity index (χ1) is 12.6. The topological polar surface area (TPSA) is 35.2 Å². The van der Waals surface area contributed by atoms with E-state index in [0.29, 0.717) is 12.0 Å². The molecule has 2 atom stereocenters. The van der Waals surface area contributed by atoms with Gasteiger partial charge in [-0.05, 0) is 42.7 Å². The van der Waals surface area contributed by atoms with Crippen molar-refractivity contribution in [2.45, 2.75) is 58.7 Å². The van der Waals surface area contributed by atoms with Crippen molar-refractivity contribution in [2.24, 2.45) is 5.92 Å². The number of benzene rings is 1. The monoisotopic (exact) mass is 352 g/mol. The summed E-state index contributed by atoms with van der Waals surface area (Å²) in [4.78, 5) is 13.1. The molecule has 26 heavy (non-hydrogen) atoms. The first-order valence-corrected chi connectivity index (χ1v) is 10.1. The van der Waals surface area contributed by atoms with E-state index in [2.05, 4.69) is 64.8 Å². The van der Waals surface area contributed by atoms with E-state index in [1.54, 1.807) is 0 Å². The van der Waals surface area contributed by atoms with Crippen LogP contribution in [-0.4, -0.2) is 45.4 Å². The maximum absolute atomic E-state index is 4.51. The fourth-order valence-corrected chi connectivity index (χ4v) is 4.60. The number of hydrogen-bond donors (Lipinski definition) is 1. The second-order valence-electron chi connectivity index (χ2n) is 8.59. The number of hydrogen-bond acceptors (Lipinski definition) is 3. The smallest absolute Gasteiger partial charge is 0.0925 e. The Hall–Kier alpha value is -1.65. The quantitative estimate of drug-likeness (QED) is 0.885. The number of aromatic nitrogens is 2. The van der Waals surface area contributed by atoms with Gasteiger partial charge in [0, 0.05) is 44.5 Å². The Labute approximate surface area is 157 Å². The molecule has 0 saturated carbocycles. The molecule has 2 aromatic rings. The third-order valence-corrected chi connectivity index (χ3v) is 6.24. The number of H-pyrrole nitrogens is 1. The molecule has 3 aliphatic rings. The number of aromatic amines is 1. The van der Waals surface area contributed by atoms with Crippen LogP contribution in [0.3, 0.4) is 0 Å². The second kappa shape index (κ2) is 7.53. The summed E-state index contributed by atoms with van der Waals surface area (Å²) >= 11 is 0. The molecular weight excluding hydrogens is 320 g/mol. The molecule has 3 fully saturated rings. The Morgan fingerprint density at radius 2 is 1.88 bits per heavy atom. The predicted molar refractivity (Wildman–Crippen MR) is 106 cm³/mol.